The topological polar surface area (TPSA) is 37.8 Å². The zero-order valence-corrected chi connectivity index (χ0v) is 13.6. The Kier molecular flexibility index (Phi) is 4.32. The second-order valence-corrected chi connectivity index (χ2v) is 7.83. The molecule has 2 atom stereocenters. The molecule has 3 nitrogen and oxygen atoms in total. The lowest BCUT2D eigenvalue weighted by molar-refractivity contribution is 0.747. The van der Waals surface area contributed by atoms with Gasteiger partial charge in [0.1, 0.15) is 16.2 Å². The van der Waals surface area contributed by atoms with E-state index in [0.717, 1.165) is 21.5 Å². The molecule has 0 saturated heterocycles. The molecule has 104 valence electrons. The predicted molar refractivity (Wildman–Crippen MR) is 84.9 cm³/mol. The number of hydrogen-bond donors (Lipinski definition) is 1. The van der Waals surface area contributed by atoms with Crippen molar-refractivity contribution in [1.29, 1.82) is 0 Å². The summed E-state index contributed by atoms with van der Waals surface area (Å²) in [4.78, 5) is 9.15. The van der Waals surface area contributed by atoms with Crippen LogP contribution in [0.5, 0.6) is 0 Å². The highest BCUT2D eigenvalue weighted by molar-refractivity contribution is 9.10. The van der Waals surface area contributed by atoms with Gasteiger partial charge >= 0.3 is 0 Å². The van der Waals surface area contributed by atoms with Gasteiger partial charge in [0, 0.05) is 23.3 Å². The summed E-state index contributed by atoms with van der Waals surface area (Å²) in [5.41, 5.74) is 0. The molecule has 0 spiro atoms. The van der Waals surface area contributed by atoms with Gasteiger partial charge in [-0.25, -0.2) is 9.97 Å². The lowest BCUT2D eigenvalue weighted by Crippen LogP contribution is -2.17. The molecule has 2 aliphatic carbocycles. The molecule has 0 bridgehead atoms. The van der Waals surface area contributed by atoms with Gasteiger partial charge in [-0.2, -0.15) is 11.8 Å². The number of nitrogens with one attached hydrogen (secondary N) is 1. The molecule has 0 radical (unpaired) electrons. The van der Waals surface area contributed by atoms with E-state index >= 15 is 0 Å². The van der Waals surface area contributed by atoms with Gasteiger partial charge in [0.15, 0.2) is 0 Å². The Bertz CT molecular complexity index is 450. The molecule has 1 heterocycles. The van der Waals surface area contributed by atoms with Crippen LogP contribution >= 0.6 is 27.7 Å². The van der Waals surface area contributed by atoms with Crippen LogP contribution in [0.25, 0.3) is 0 Å². The molecular weight excluding hydrogens is 322 g/mol. The molecule has 2 unspecified atom stereocenters. The summed E-state index contributed by atoms with van der Waals surface area (Å²) in [7, 11) is 0. The van der Waals surface area contributed by atoms with Crippen LogP contribution in [0.2, 0.25) is 0 Å². The van der Waals surface area contributed by atoms with Gasteiger partial charge in [-0.1, -0.05) is 6.92 Å². The van der Waals surface area contributed by atoms with Crippen molar-refractivity contribution < 1.29 is 0 Å². The van der Waals surface area contributed by atoms with Crippen molar-refractivity contribution in [3.63, 3.8) is 0 Å². The van der Waals surface area contributed by atoms with E-state index < -0.39 is 0 Å². The SMILES string of the molecule is CCSC1CCC(Nc2cc(Br)nc(C3CC3)n2)C1. The van der Waals surface area contributed by atoms with Gasteiger partial charge in [-0.15, -0.1) is 0 Å². The first-order chi connectivity index (χ1) is 9.24. The molecule has 1 N–H and O–H groups in total. The fourth-order valence-corrected chi connectivity index (χ4v) is 4.24. The van der Waals surface area contributed by atoms with Crippen molar-refractivity contribution >= 4 is 33.5 Å². The summed E-state index contributed by atoms with van der Waals surface area (Å²) >= 11 is 5.59. The van der Waals surface area contributed by atoms with Crippen LogP contribution in [-0.2, 0) is 0 Å². The highest BCUT2D eigenvalue weighted by Crippen LogP contribution is 2.39. The minimum atomic E-state index is 0.581. The Labute approximate surface area is 127 Å². The summed E-state index contributed by atoms with van der Waals surface area (Å²) in [6.07, 6.45) is 6.35. The number of aromatic nitrogens is 2. The normalized spacial score (nSPS) is 26.6. The molecule has 0 aliphatic heterocycles. The van der Waals surface area contributed by atoms with Gasteiger partial charge in [-0.3, -0.25) is 0 Å². The summed E-state index contributed by atoms with van der Waals surface area (Å²) < 4.78 is 0.907. The lowest BCUT2D eigenvalue weighted by Gasteiger charge is -2.14. The van der Waals surface area contributed by atoms with E-state index in [1.807, 2.05) is 6.07 Å². The van der Waals surface area contributed by atoms with Gasteiger partial charge in [0.2, 0.25) is 0 Å². The van der Waals surface area contributed by atoms with Crippen LogP contribution in [0.4, 0.5) is 5.82 Å². The molecule has 5 heteroatoms. The first-order valence-corrected chi connectivity index (χ1v) is 9.01. The Morgan fingerprint density at radius 1 is 1.32 bits per heavy atom. The Balaban J connectivity index is 1.63. The maximum Gasteiger partial charge on any atom is 0.135 e. The molecule has 3 rings (SSSR count). The van der Waals surface area contributed by atoms with Gasteiger partial charge < -0.3 is 5.32 Å². The average molecular weight is 342 g/mol. The maximum atomic E-state index is 4.67. The molecule has 19 heavy (non-hydrogen) atoms. The molecular formula is C14H20BrN3S. The van der Waals surface area contributed by atoms with Crippen molar-refractivity contribution in [1.82, 2.24) is 9.97 Å². The number of hydrogen-bond acceptors (Lipinski definition) is 4. The average Bonchev–Trinajstić information content (AvgIpc) is 3.13. The molecule has 1 aromatic heterocycles. The highest BCUT2D eigenvalue weighted by Gasteiger charge is 2.28. The van der Waals surface area contributed by atoms with E-state index in [9.17, 15) is 0 Å². The summed E-state index contributed by atoms with van der Waals surface area (Å²) in [5, 5.41) is 4.43. The third-order valence-corrected chi connectivity index (χ3v) is 5.43. The second-order valence-electron chi connectivity index (χ2n) is 5.44. The van der Waals surface area contributed by atoms with Crippen molar-refractivity contribution in [3.05, 3.63) is 16.5 Å². The van der Waals surface area contributed by atoms with Crippen molar-refractivity contribution in [3.8, 4) is 0 Å². The molecule has 0 amide bonds. The molecule has 1 aromatic rings. The quantitative estimate of drug-likeness (QED) is 0.814. The Morgan fingerprint density at radius 3 is 2.89 bits per heavy atom. The number of anilines is 1. The third kappa shape index (κ3) is 3.63. The third-order valence-electron chi connectivity index (χ3n) is 3.79. The minimum absolute atomic E-state index is 0.581. The summed E-state index contributed by atoms with van der Waals surface area (Å²) in [6.45, 7) is 2.24. The van der Waals surface area contributed by atoms with E-state index in [1.54, 1.807) is 0 Å². The van der Waals surface area contributed by atoms with Crippen molar-refractivity contribution in [2.75, 3.05) is 11.1 Å². The molecule has 2 fully saturated rings. The molecule has 2 aliphatic rings. The number of rotatable bonds is 5. The minimum Gasteiger partial charge on any atom is -0.367 e. The summed E-state index contributed by atoms with van der Waals surface area (Å²) in [6, 6.07) is 2.59. The zero-order valence-electron chi connectivity index (χ0n) is 11.2. The monoisotopic (exact) mass is 341 g/mol. The van der Waals surface area contributed by atoms with E-state index in [0.29, 0.717) is 12.0 Å². The van der Waals surface area contributed by atoms with E-state index in [1.165, 1.54) is 37.9 Å². The first kappa shape index (κ1) is 13.7. The van der Waals surface area contributed by atoms with Crippen LogP contribution in [0.1, 0.15) is 50.8 Å². The standard InChI is InChI=1S/C14H20BrN3S/c1-2-19-11-6-5-10(7-11)16-13-8-12(15)17-14(18-13)9-3-4-9/h8-11H,2-7H2,1H3,(H,16,17,18). The van der Waals surface area contributed by atoms with E-state index in [4.69, 9.17) is 0 Å². The first-order valence-electron chi connectivity index (χ1n) is 7.17. The largest absolute Gasteiger partial charge is 0.367 e. The van der Waals surface area contributed by atoms with Gasteiger partial charge in [0.25, 0.3) is 0 Å². The van der Waals surface area contributed by atoms with Crippen LogP contribution < -0.4 is 5.32 Å². The number of thioether (sulfide) groups is 1. The van der Waals surface area contributed by atoms with Crippen molar-refractivity contribution in [2.24, 2.45) is 0 Å². The van der Waals surface area contributed by atoms with Crippen LogP contribution in [0, 0.1) is 0 Å². The van der Waals surface area contributed by atoms with Crippen molar-refractivity contribution in [2.45, 2.75) is 56.2 Å². The van der Waals surface area contributed by atoms with Gasteiger partial charge in [-0.05, 0) is 53.8 Å². The Hall–Kier alpha value is -0.290. The van der Waals surface area contributed by atoms with Crippen LogP contribution in [0.15, 0.2) is 10.7 Å². The Morgan fingerprint density at radius 2 is 2.16 bits per heavy atom. The van der Waals surface area contributed by atoms with Crippen LogP contribution in [0.3, 0.4) is 0 Å². The number of nitrogens with zero attached hydrogens (tertiary/aromatic N) is 2. The predicted octanol–water partition coefficient (Wildman–Crippen LogP) is 4.20. The molecule has 2 saturated carbocycles. The number of halogens is 1. The zero-order chi connectivity index (χ0) is 13.2. The second kappa shape index (κ2) is 6.00. The van der Waals surface area contributed by atoms with E-state index in [-0.39, 0.29) is 0 Å². The maximum absolute atomic E-state index is 4.67. The summed E-state index contributed by atoms with van der Waals surface area (Å²) in [5.74, 6) is 3.83. The fraction of sp³-hybridized carbons (Fsp3) is 0.714. The van der Waals surface area contributed by atoms with Gasteiger partial charge in [0.05, 0.1) is 0 Å². The van der Waals surface area contributed by atoms with E-state index in [2.05, 4.69) is 49.9 Å². The fourth-order valence-electron chi connectivity index (χ4n) is 2.70. The van der Waals surface area contributed by atoms with Crippen LogP contribution in [-0.4, -0.2) is 27.0 Å². The molecule has 0 aromatic carbocycles. The highest BCUT2D eigenvalue weighted by atomic mass is 79.9. The smallest absolute Gasteiger partial charge is 0.135 e. The lowest BCUT2D eigenvalue weighted by atomic mass is 10.2.